The van der Waals surface area contributed by atoms with Crippen LogP contribution in [0, 0.1) is 5.82 Å². The van der Waals surface area contributed by atoms with Gasteiger partial charge in [-0.05, 0) is 70.0 Å². The molecule has 0 radical (unpaired) electrons. The minimum Gasteiger partial charge on any atom is -0.206 e. The summed E-state index contributed by atoms with van der Waals surface area (Å²) in [5, 5.41) is 2.40. The highest BCUT2D eigenvalue weighted by Crippen LogP contribution is 2.30. The van der Waals surface area contributed by atoms with Crippen LogP contribution in [0.15, 0.2) is 91.5 Å². The van der Waals surface area contributed by atoms with E-state index in [4.69, 9.17) is 0 Å². The van der Waals surface area contributed by atoms with Crippen molar-refractivity contribution >= 4 is 10.8 Å². The second kappa shape index (κ2) is 8.45. The van der Waals surface area contributed by atoms with E-state index in [1.807, 2.05) is 30.3 Å². The number of fused-ring (bicyclic) bond motifs is 1. The zero-order valence-electron chi connectivity index (χ0n) is 16.8. The normalized spacial score (nSPS) is 11.0. The summed E-state index contributed by atoms with van der Waals surface area (Å²) in [4.78, 5) is 0. The molecule has 0 spiro atoms. The minimum atomic E-state index is -0.192. The standard InChI is InChI=1S/C28H25F/c1-3-5-6-21-8-10-22(11-9-21)27-16-15-26(19-28(27)29)25-14-13-23-17-20(4-2)7-12-24(23)18-25/h3,7-19H,1,4-6H2,2H3. The molecule has 0 heterocycles. The molecule has 0 saturated heterocycles. The first-order valence-electron chi connectivity index (χ1n) is 10.2. The number of halogens is 1. The highest BCUT2D eigenvalue weighted by atomic mass is 19.1. The van der Waals surface area contributed by atoms with Gasteiger partial charge in [0.1, 0.15) is 5.82 Å². The average Bonchev–Trinajstić information content (AvgIpc) is 2.77. The van der Waals surface area contributed by atoms with Crippen LogP contribution in [0.3, 0.4) is 0 Å². The first kappa shape index (κ1) is 19.1. The molecular formula is C28H25F. The Morgan fingerprint density at radius 1 is 0.724 bits per heavy atom. The maximum Gasteiger partial charge on any atom is 0.131 e. The topological polar surface area (TPSA) is 0 Å². The van der Waals surface area contributed by atoms with Gasteiger partial charge < -0.3 is 0 Å². The largest absolute Gasteiger partial charge is 0.206 e. The summed E-state index contributed by atoms with van der Waals surface area (Å²) in [6.45, 7) is 5.92. The lowest BCUT2D eigenvalue weighted by Gasteiger charge is -2.09. The molecule has 4 aromatic carbocycles. The van der Waals surface area contributed by atoms with Crippen LogP contribution in [-0.2, 0) is 12.8 Å². The zero-order valence-corrected chi connectivity index (χ0v) is 16.8. The van der Waals surface area contributed by atoms with Crippen molar-refractivity contribution < 1.29 is 4.39 Å². The Labute approximate surface area is 172 Å². The number of benzene rings is 4. The van der Waals surface area contributed by atoms with Crippen LogP contribution >= 0.6 is 0 Å². The van der Waals surface area contributed by atoms with E-state index < -0.39 is 0 Å². The highest BCUT2D eigenvalue weighted by molar-refractivity contribution is 5.88. The molecule has 144 valence electrons. The smallest absolute Gasteiger partial charge is 0.131 e. The molecule has 4 rings (SSSR count). The molecule has 0 bridgehead atoms. The van der Waals surface area contributed by atoms with E-state index in [-0.39, 0.29) is 5.82 Å². The number of rotatable bonds is 6. The maximum absolute atomic E-state index is 14.9. The van der Waals surface area contributed by atoms with E-state index in [0.29, 0.717) is 5.56 Å². The molecule has 0 saturated carbocycles. The lowest BCUT2D eigenvalue weighted by molar-refractivity contribution is 0.632. The van der Waals surface area contributed by atoms with Gasteiger partial charge in [0.15, 0.2) is 0 Å². The van der Waals surface area contributed by atoms with Gasteiger partial charge in [0, 0.05) is 5.56 Å². The first-order chi connectivity index (χ1) is 14.2. The molecule has 0 N–H and O–H groups in total. The summed E-state index contributed by atoms with van der Waals surface area (Å²) in [5.41, 5.74) is 6.05. The third-order valence-electron chi connectivity index (χ3n) is 5.52. The van der Waals surface area contributed by atoms with Crippen molar-refractivity contribution in [2.75, 3.05) is 0 Å². The SMILES string of the molecule is C=CCCc1ccc(-c2ccc(-c3ccc4cc(CC)ccc4c3)cc2F)cc1. The molecule has 0 atom stereocenters. The van der Waals surface area contributed by atoms with E-state index in [9.17, 15) is 4.39 Å². The van der Waals surface area contributed by atoms with Crippen LogP contribution in [0.5, 0.6) is 0 Å². The van der Waals surface area contributed by atoms with Gasteiger partial charge in [-0.2, -0.15) is 0 Å². The number of hydrogen-bond donors (Lipinski definition) is 0. The van der Waals surface area contributed by atoms with Gasteiger partial charge in [-0.3, -0.25) is 0 Å². The molecule has 1 heteroatoms. The van der Waals surface area contributed by atoms with Crippen LogP contribution < -0.4 is 0 Å². The van der Waals surface area contributed by atoms with Crippen molar-refractivity contribution in [2.24, 2.45) is 0 Å². The summed E-state index contributed by atoms with van der Waals surface area (Å²) in [6, 6.07) is 26.5. The van der Waals surface area contributed by atoms with Gasteiger partial charge in [-0.15, -0.1) is 6.58 Å². The number of hydrogen-bond acceptors (Lipinski definition) is 0. The van der Waals surface area contributed by atoms with E-state index in [2.05, 4.69) is 62.0 Å². The summed E-state index contributed by atoms with van der Waals surface area (Å²) in [5.74, 6) is -0.192. The van der Waals surface area contributed by atoms with Gasteiger partial charge in [0.2, 0.25) is 0 Å². The molecule has 0 nitrogen and oxygen atoms in total. The molecule has 0 fully saturated rings. The highest BCUT2D eigenvalue weighted by Gasteiger charge is 2.08. The van der Waals surface area contributed by atoms with Gasteiger partial charge >= 0.3 is 0 Å². The number of allylic oxidation sites excluding steroid dienone is 1. The van der Waals surface area contributed by atoms with E-state index in [1.54, 1.807) is 6.07 Å². The Hall–Kier alpha value is -3.19. The zero-order chi connectivity index (χ0) is 20.2. The predicted octanol–water partition coefficient (Wildman–Crippen LogP) is 7.99. The van der Waals surface area contributed by atoms with E-state index in [0.717, 1.165) is 36.0 Å². The van der Waals surface area contributed by atoms with Crippen LogP contribution in [0.25, 0.3) is 33.0 Å². The molecule has 0 aliphatic heterocycles. The Bertz CT molecular complexity index is 1150. The van der Waals surface area contributed by atoms with Crippen molar-refractivity contribution in [3.8, 4) is 22.3 Å². The van der Waals surface area contributed by atoms with Crippen LogP contribution in [0.2, 0.25) is 0 Å². The van der Waals surface area contributed by atoms with Crippen LogP contribution in [-0.4, -0.2) is 0 Å². The molecule has 4 aromatic rings. The van der Waals surface area contributed by atoms with Crippen molar-refractivity contribution in [2.45, 2.75) is 26.2 Å². The molecule has 29 heavy (non-hydrogen) atoms. The molecule has 0 amide bonds. The fourth-order valence-electron chi connectivity index (χ4n) is 3.74. The third kappa shape index (κ3) is 4.14. The van der Waals surface area contributed by atoms with Crippen LogP contribution in [0.4, 0.5) is 4.39 Å². The van der Waals surface area contributed by atoms with Gasteiger partial charge in [-0.1, -0.05) is 79.7 Å². The Kier molecular flexibility index (Phi) is 5.57. The van der Waals surface area contributed by atoms with Gasteiger partial charge in [-0.25, -0.2) is 4.39 Å². The van der Waals surface area contributed by atoms with E-state index in [1.165, 1.54) is 21.9 Å². The maximum atomic E-state index is 14.9. The molecule has 0 aromatic heterocycles. The number of aryl methyl sites for hydroxylation is 2. The summed E-state index contributed by atoms with van der Waals surface area (Å²) < 4.78 is 14.9. The minimum absolute atomic E-state index is 0.192. The lowest BCUT2D eigenvalue weighted by Crippen LogP contribution is -1.89. The van der Waals surface area contributed by atoms with Crippen LogP contribution in [0.1, 0.15) is 24.5 Å². The summed E-state index contributed by atoms with van der Waals surface area (Å²) in [7, 11) is 0. The van der Waals surface area contributed by atoms with Crippen molar-refractivity contribution in [3.05, 3.63) is 108 Å². The fourth-order valence-corrected chi connectivity index (χ4v) is 3.74. The molecular weight excluding hydrogens is 355 g/mol. The quantitative estimate of drug-likeness (QED) is 0.297. The van der Waals surface area contributed by atoms with Crippen molar-refractivity contribution in [3.63, 3.8) is 0 Å². The molecule has 0 aliphatic rings. The van der Waals surface area contributed by atoms with Gasteiger partial charge in [0.05, 0.1) is 0 Å². The second-order valence-corrected chi connectivity index (χ2v) is 7.47. The first-order valence-corrected chi connectivity index (χ1v) is 10.2. The monoisotopic (exact) mass is 380 g/mol. The Balaban J connectivity index is 1.63. The summed E-state index contributed by atoms with van der Waals surface area (Å²) >= 11 is 0. The van der Waals surface area contributed by atoms with Gasteiger partial charge in [0.25, 0.3) is 0 Å². The van der Waals surface area contributed by atoms with Crippen molar-refractivity contribution in [1.29, 1.82) is 0 Å². The Morgan fingerprint density at radius 2 is 1.34 bits per heavy atom. The summed E-state index contributed by atoms with van der Waals surface area (Å²) in [6.07, 6.45) is 4.86. The Morgan fingerprint density at radius 3 is 2.07 bits per heavy atom. The lowest BCUT2D eigenvalue weighted by atomic mass is 9.96. The third-order valence-corrected chi connectivity index (χ3v) is 5.52. The predicted molar refractivity (Wildman–Crippen MR) is 123 cm³/mol. The molecule has 0 aliphatic carbocycles. The average molecular weight is 381 g/mol. The second-order valence-electron chi connectivity index (χ2n) is 7.47. The van der Waals surface area contributed by atoms with E-state index >= 15 is 0 Å². The van der Waals surface area contributed by atoms with Crippen molar-refractivity contribution in [1.82, 2.24) is 0 Å². The fraction of sp³-hybridized carbons (Fsp3) is 0.143. The molecule has 0 unspecified atom stereocenters.